The Kier molecular flexibility index (Phi) is 4.43. The molecule has 0 fully saturated rings. The van der Waals surface area contributed by atoms with Crippen LogP contribution in [0.15, 0.2) is 56.5 Å². The van der Waals surface area contributed by atoms with Crippen LogP contribution >= 0.6 is 0 Å². The van der Waals surface area contributed by atoms with E-state index < -0.39 is 26.5 Å². The molecule has 3 rings (SSSR count). The van der Waals surface area contributed by atoms with Gasteiger partial charge in [0.05, 0.1) is 10.5 Å². The minimum Gasteiger partial charge on any atom is -0.239 e. The van der Waals surface area contributed by atoms with Gasteiger partial charge in [-0.2, -0.15) is 18.3 Å². The summed E-state index contributed by atoms with van der Waals surface area (Å²) in [5.74, 6) is -0.118. The average Bonchev–Trinajstić information content (AvgIpc) is 3.06. The highest BCUT2D eigenvalue weighted by atomic mass is 32.2. The molecule has 1 aliphatic heterocycles. The molecule has 0 amide bonds. The normalized spacial score (nSPS) is 14.6. The maximum Gasteiger partial charge on any atom is 0.417 e. The molecule has 0 saturated heterocycles. The Bertz CT molecular complexity index is 1020. The summed E-state index contributed by atoms with van der Waals surface area (Å²) >= 11 is 0. The monoisotopic (exact) mass is 381 g/mol. The van der Waals surface area contributed by atoms with Crippen molar-refractivity contribution in [3.8, 4) is 11.1 Å². The zero-order valence-corrected chi connectivity index (χ0v) is 14.7. The molecule has 5 nitrogen and oxygen atoms in total. The summed E-state index contributed by atoms with van der Waals surface area (Å²) in [4.78, 5) is 3.13. The number of rotatable bonds is 3. The van der Waals surface area contributed by atoms with Gasteiger partial charge in [0, 0.05) is 11.8 Å². The summed E-state index contributed by atoms with van der Waals surface area (Å²) in [6, 6.07) is 9.01. The van der Waals surface area contributed by atoms with Crippen LogP contribution in [0.1, 0.15) is 16.7 Å². The molecule has 9 heteroatoms. The van der Waals surface area contributed by atoms with E-state index >= 15 is 0 Å². The summed E-state index contributed by atoms with van der Waals surface area (Å²) in [7, 11) is -4.23. The lowest BCUT2D eigenvalue weighted by molar-refractivity contribution is -0.139. The minimum atomic E-state index is -4.84. The number of amidine groups is 1. The van der Waals surface area contributed by atoms with Crippen molar-refractivity contribution in [2.45, 2.75) is 18.0 Å². The molecule has 0 spiro atoms. The van der Waals surface area contributed by atoms with Crippen molar-refractivity contribution >= 4 is 15.7 Å². The first kappa shape index (κ1) is 18.2. The lowest BCUT2D eigenvalue weighted by Gasteiger charge is -2.18. The van der Waals surface area contributed by atoms with Gasteiger partial charge in [-0.3, -0.25) is 0 Å². The molecule has 26 heavy (non-hydrogen) atoms. The zero-order chi connectivity index (χ0) is 19.1. The number of hydrogen-bond acceptors (Lipinski definition) is 5. The van der Waals surface area contributed by atoms with E-state index in [1.54, 1.807) is 24.3 Å². The molecule has 0 unspecified atom stereocenters. The molecule has 0 aliphatic carbocycles. The van der Waals surface area contributed by atoms with Gasteiger partial charge in [-0.15, -0.1) is 5.11 Å². The number of aryl methyl sites for hydroxylation is 1. The standard InChI is InChI=1S/C17H14F3N3O2S/c1-10-3-5-11(6-4-10)12-7-8-13(17(18,19)20)15(26(2,24)25)14(12)16-21-9-22-23-16/h3-8H,9H2,1-2H3. The van der Waals surface area contributed by atoms with Crippen LogP contribution in [-0.4, -0.2) is 27.2 Å². The van der Waals surface area contributed by atoms with E-state index in [0.29, 0.717) is 11.1 Å². The summed E-state index contributed by atoms with van der Waals surface area (Å²) in [5, 5.41) is 7.40. The van der Waals surface area contributed by atoms with Crippen molar-refractivity contribution in [1.82, 2.24) is 0 Å². The molecule has 0 atom stereocenters. The molecular weight excluding hydrogens is 367 g/mol. The van der Waals surface area contributed by atoms with Crippen LogP contribution in [0.2, 0.25) is 0 Å². The van der Waals surface area contributed by atoms with E-state index in [2.05, 4.69) is 15.2 Å². The Morgan fingerprint density at radius 3 is 2.19 bits per heavy atom. The van der Waals surface area contributed by atoms with Gasteiger partial charge < -0.3 is 0 Å². The van der Waals surface area contributed by atoms with Crippen molar-refractivity contribution < 1.29 is 21.6 Å². The van der Waals surface area contributed by atoms with E-state index in [1.165, 1.54) is 6.07 Å². The maximum absolute atomic E-state index is 13.5. The number of benzene rings is 2. The van der Waals surface area contributed by atoms with Gasteiger partial charge in [-0.1, -0.05) is 35.9 Å². The molecule has 2 aromatic carbocycles. The Morgan fingerprint density at radius 2 is 1.69 bits per heavy atom. The lowest BCUT2D eigenvalue weighted by atomic mass is 9.95. The van der Waals surface area contributed by atoms with Gasteiger partial charge in [0.15, 0.2) is 22.3 Å². The van der Waals surface area contributed by atoms with Crippen LogP contribution in [-0.2, 0) is 16.0 Å². The molecule has 0 radical (unpaired) electrons. The predicted molar refractivity (Wildman–Crippen MR) is 91.0 cm³/mol. The fourth-order valence-electron chi connectivity index (χ4n) is 2.74. The van der Waals surface area contributed by atoms with Crippen molar-refractivity contribution in [1.29, 1.82) is 0 Å². The Morgan fingerprint density at radius 1 is 1.04 bits per heavy atom. The number of hydrogen-bond donors (Lipinski definition) is 0. The first-order chi connectivity index (χ1) is 12.1. The first-order valence-corrected chi connectivity index (χ1v) is 9.42. The molecule has 0 aromatic heterocycles. The van der Waals surface area contributed by atoms with E-state index in [1.807, 2.05) is 6.92 Å². The molecule has 1 heterocycles. The van der Waals surface area contributed by atoms with Gasteiger partial charge >= 0.3 is 6.18 Å². The van der Waals surface area contributed by atoms with Gasteiger partial charge in [0.25, 0.3) is 0 Å². The summed E-state index contributed by atoms with van der Waals surface area (Å²) < 4.78 is 65.0. The van der Waals surface area contributed by atoms with Crippen molar-refractivity contribution in [2.75, 3.05) is 12.9 Å². The van der Waals surface area contributed by atoms with Crippen LogP contribution in [0, 0.1) is 6.92 Å². The predicted octanol–water partition coefficient (Wildman–Crippen LogP) is 4.25. The molecule has 0 bridgehead atoms. The third-order valence-corrected chi connectivity index (χ3v) is 5.03. The van der Waals surface area contributed by atoms with E-state index in [9.17, 15) is 21.6 Å². The van der Waals surface area contributed by atoms with Crippen molar-refractivity contribution in [2.24, 2.45) is 15.2 Å². The van der Waals surface area contributed by atoms with Gasteiger partial charge in [-0.05, 0) is 24.1 Å². The largest absolute Gasteiger partial charge is 0.417 e. The summed E-state index contributed by atoms with van der Waals surface area (Å²) in [5.41, 5.74) is 0.415. The van der Waals surface area contributed by atoms with Crippen LogP contribution in [0.5, 0.6) is 0 Å². The van der Waals surface area contributed by atoms with Crippen molar-refractivity contribution in [3.05, 3.63) is 53.1 Å². The van der Waals surface area contributed by atoms with Crippen LogP contribution in [0.3, 0.4) is 0 Å². The summed E-state index contributed by atoms with van der Waals surface area (Å²) in [6.45, 7) is 1.82. The Hall–Kier alpha value is -2.55. The number of aliphatic imine (C=N–C) groups is 1. The zero-order valence-electron chi connectivity index (χ0n) is 13.9. The number of halogens is 3. The lowest BCUT2D eigenvalue weighted by Crippen LogP contribution is -2.17. The van der Waals surface area contributed by atoms with Gasteiger partial charge in [-0.25, -0.2) is 13.4 Å². The molecule has 136 valence electrons. The average molecular weight is 381 g/mol. The quantitative estimate of drug-likeness (QED) is 0.797. The van der Waals surface area contributed by atoms with Crippen LogP contribution in [0.25, 0.3) is 11.1 Å². The molecular formula is C17H14F3N3O2S. The fourth-order valence-corrected chi connectivity index (χ4v) is 3.90. The van der Waals surface area contributed by atoms with Crippen LogP contribution in [0.4, 0.5) is 13.2 Å². The van der Waals surface area contributed by atoms with Gasteiger partial charge in [0.1, 0.15) is 0 Å². The molecule has 0 saturated carbocycles. The van der Waals surface area contributed by atoms with E-state index in [4.69, 9.17) is 0 Å². The highest BCUT2D eigenvalue weighted by molar-refractivity contribution is 7.90. The number of nitrogens with zero attached hydrogens (tertiary/aromatic N) is 3. The maximum atomic E-state index is 13.5. The molecule has 1 aliphatic rings. The molecule has 2 aromatic rings. The Labute approximate surface area is 148 Å². The smallest absolute Gasteiger partial charge is 0.239 e. The van der Waals surface area contributed by atoms with E-state index in [-0.39, 0.29) is 18.1 Å². The number of alkyl halides is 3. The van der Waals surface area contributed by atoms with Gasteiger partial charge in [0.2, 0.25) is 0 Å². The second-order valence-electron chi connectivity index (χ2n) is 5.87. The Balaban J connectivity index is 2.43. The highest BCUT2D eigenvalue weighted by Crippen LogP contribution is 2.40. The number of sulfone groups is 1. The topological polar surface area (TPSA) is 71.2 Å². The SMILES string of the molecule is Cc1ccc(-c2ccc(C(F)(F)F)c(S(C)(=O)=O)c2C2=NCN=N2)cc1. The number of azo groups is 1. The van der Waals surface area contributed by atoms with Crippen molar-refractivity contribution in [3.63, 3.8) is 0 Å². The first-order valence-electron chi connectivity index (χ1n) is 7.52. The molecule has 0 N–H and O–H groups in total. The highest BCUT2D eigenvalue weighted by Gasteiger charge is 2.39. The summed E-state index contributed by atoms with van der Waals surface area (Å²) in [6.07, 6.45) is -4.10. The fraction of sp³-hybridized carbons (Fsp3) is 0.235. The minimum absolute atomic E-state index is 0.0535. The van der Waals surface area contributed by atoms with Crippen LogP contribution < -0.4 is 0 Å². The third-order valence-electron chi connectivity index (χ3n) is 3.87. The van der Waals surface area contributed by atoms with E-state index in [0.717, 1.165) is 17.9 Å². The third kappa shape index (κ3) is 3.39. The second kappa shape index (κ2) is 6.31. The second-order valence-corrected chi connectivity index (χ2v) is 7.82.